The van der Waals surface area contributed by atoms with Gasteiger partial charge in [0.1, 0.15) is 0 Å². The van der Waals surface area contributed by atoms with E-state index < -0.39 is 5.97 Å². The summed E-state index contributed by atoms with van der Waals surface area (Å²) in [5.74, 6) is 6.45. The number of anilines is 1. The van der Waals surface area contributed by atoms with Gasteiger partial charge in [-0.3, -0.25) is 0 Å². The molecule has 0 aromatic heterocycles. The van der Waals surface area contributed by atoms with Gasteiger partial charge >= 0.3 is 5.97 Å². The van der Waals surface area contributed by atoms with Gasteiger partial charge in [0.2, 0.25) is 0 Å². The van der Waals surface area contributed by atoms with Crippen LogP contribution in [0.15, 0.2) is 12.1 Å². The van der Waals surface area contributed by atoms with Crippen LogP contribution in [-0.4, -0.2) is 13.1 Å². The molecule has 1 saturated carbocycles. The molecule has 0 radical (unpaired) electrons. The highest BCUT2D eigenvalue weighted by Gasteiger charge is 2.14. The van der Waals surface area contributed by atoms with E-state index in [0.717, 1.165) is 6.42 Å². The van der Waals surface area contributed by atoms with Gasteiger partial charge in [-0.25, -0.2) is 4.79 Å². The van der Waals surface area contributed by atoms with Crippen molar-refractivity contribution >= 4 is 23.3 Å². The summed E-state index contributed by atoms with van der Waals surface area (Å²) in [5.41, 5.74) is 7.28. The first-order valence-electron chi connectivity index (χ1n) is 6.78. The predicted octanol–water partition coefficient (Wildman–Crippen LogP) is 3.64. The molecule has 2 rings (SSSR count). The van der Waals surface area contributed by atoms with Crippen LogP contribution in [0.25, 0.3) is 0 Å². The summed E-state index contributed by atoms with van der Waals surface area (Å²) in [6.07, 6.45) is 6.00. The number of rotatable bonds is 2. The SMILES string of the molecule is COC(=O)c1cc(Cl)c(N)c(C#CCC2CCCC2)c1. The van der Waals surface area contributed by atoms with E-state index in [9.17, 15) is 4.79 Å². The highest BCUT2D eigenvalue weighted by molar-refractivity contribution is 6.33. The summed E-state index contributed by atoms with van der Waals surface area (Å²) < 4.78 is 4.69. The van der Waals surface area contributed by atoms with Gasteiger partial charge in [-0.05, 0) is 30.9 Å². The third-order valence-corrected chi connectivity index (χ3v) is 3.95. The van der Waals surface area contributed by atoms with Crippen LogP contribution in [0, 0.1) is 17.8 Å². The molecule has 20 heavy (non-hydrogen) atoms. The van der Waals surface area contributed by atoms with Crippen LogP contribution in [0.2, 0.25) is 5.02 Å². The normalized spacial score (nSPS) is 14.7. The molecule has 0 spiro atoms. The predicted molar refractivity (Wildman–Crippen MR) is 80.7 cm³/mol. The van der Waals surface area contributed by atoms with E-state index in [-0.39, 0.29) is 0 Å². The molecule has 1 aliphatic carbocycles. The van der Waals surface area contributed by atoms with E-state index in [1.165, 1.54) is 38.9 Å². The molecule has 0 bridgehead atoms. The minimum absolute atomic E-state index is 0.332. The van der Waals surface area contributed by atoms with Crippen LogP contribution < -0.4 is 5.73 Å². The zero-order valence-electron chi connectivity index (χ0n) is 11.5. The van der Waals surface area contributed by atoms with Gasteiger partial charge in [0, 0.05) is 12.0 Å². The van der Waals surface area contributed by atoms with Crippen molar-refractivity contribution in [2.45, 2.75) is 32.1 Å². The quantitative estimate of drug-likeness (QED) is 0.514. The van der Waals surface area contributed by atoms with Crippen LogP contribution >= 0.6 is 11.6 Å². The molecule has 0 saturated heterocycles. The molecular formula is C16H18ClNO2. The fourth-order valence-electron chi connectivity index (χ4n) is 2.46. The first kappa shape index (κ1) is 14.7. The van der Waals surface area contributed by atoms with Crippen LogP contribution in [-0.2, 0) is 4.74 Å². The van der Waals surface area contributed by atoms with E-state index >= 15 is 0 Å². The van der Waals surface area contributed by atoms with Gasteiger partial charge < -0.3 is 10.5 Å². The fourth-order valence-corrected chi connectivity index (χ4v) is 2.68. The van der Waals surface area contributed by atoms with E-state index in [1.54, 1.807) is 6.07 Å². The van der Waals surface area contributed by atoms with Crippen molar-refractivity contribution in [3.63, 3.8) is 0 Å². The number of carbonyl (C=O) groups is 1. The van der Waals surface area contributed by atoms with Gasteiger partial charge in [-0.1, -0.05) is 36.3 Å². The zero-order chi connectivity index (χ0) is 14.5. The number of ether oxygens (including phenoxy) is 1. The molecule has 0 heterocycles. The number of benzene rings is 1. The topological polar surface area (TPSA) is 52.3 Å². The molecule has 1 aliphatic rings. The average molecular weight is 292 g/mol. The van der Waals surface area contributed by atoms with E-state index in [2.05, 4.69) is 16.6 Å². The molecule has 2 N–H and O–H groups in total. The Morgan fingerprint density at radius 2 is 2.15 bits per heavy atom. The first-order chi connectivity index (χ1) is 9.61. The molecule has 1 aromatic carbocycles. The number of methoxy groups -OCH3 is 1. The Labute approximate surface area is 124 Å². The van der Waals surface area contributed by atoms with E-state index in [4.69, 9.17) is 17.3 Å². The summed E-state index contributed by atoms with van der Waals surface area (Å²) in [6, 6.07) is 3.14. The first-order valence-corrected chi connectivity index (χ1v) is 7.16. The Hall–Kier alpha value is -1.66. The minimum atomic E-state index is -0.439. The van der Waals surface area contributed by atoms with Crippen LogP contribution in [0.1, 0.15) is 48.0 Å². The Morgan fingerprint density at radius 3 is 2.80 bits per heavy atom. The lowest BCUT2D eigenvalue weighted by Crippen LogP contribution is -2.03. The molecular weight excluding hydrogens is 274 g/mol. The zero-order valence-corrected chi connectivity index (χ0v) is 12.3. The monoisotopic (exact) mass is 291 g/mol. The highest BCUT2D eigenvalue weighted by Crippen LogP contribution is 2.28. The second kappa shape index (κ2) is 6.67. The summed E-state index contributed by atoms with van der Waals surface area (Å²) in [4.78, 5) is 11.5. The summed E-state index contributed by atoms with van der Waals surface area (Å²) in [6.45, 7) is 0. The van der Waals surface area contributed by atoms with Crippen molar-refractivity contribution in [1.82, 2.24) is 0 Å². The van der Waals surface area contributed by atoms with Crippen LogP contribution in [0.5, 0.6) is 0 Å². The minimum Gasteiger partial charge on any atom is -0.465 e. The Bertz CT molecular complexity index is 566. The van der Waals surface area contributed by atoms with E-state index in [1.807, 2.05) is 0 Å². The number of hydrogen-bond donors (Lipinski definition) is 1. The summed E-state index contributed by atoms with van der Waals surface area (Å²) >= 11 is 6.03. The van der Waals surface area contributed by atoms with Crippen molar-refractivity contribution < 1.29 is 9.53 Å². The van der Waals surface area contributed by atoms with Crippen LogP contribution in [0.3, 0.4) is 0 Å². The number of carbonyl (C=O) groups excluding carboxylic acids is 1. The van der Waals surface area contributed by atoms with Crippen molar-refractivity contribution in [3.05, 3.63) is 28.3 Å². The number of halogens is 1. The molecule has 4 heteroatoms. The van der Waals surface area contributed by atoms with Gasteiger partial charge in [0.25, 0.3) is 0 Å². The number of nitrogens with two attached hydrogens (primary N) is 1. The van der Waals surface area contributed by atoms with Gasteiger partial charge in [0.15, 0.2) is 0 Å². The standard InChI is InChI=1S/C16H18ClNO2/c1-20-16(19)13-9-12(15(18)14(17)10-13)8-4-7-11-5-2-3-6-11/h9-11H,2-3,5-7,18H2,1H3. The highest BCUT2D eigenvalue weighted by atomic mass is 35.5. The lowest BCUT2D eigenvalue weighted by atomic mass is 10.0. The van der Waals surface area contributed by atoms with Crippen LogP contribution in [0.4, 0.5) is 5.69 Å². The summed E-state index contributed by atoms with van der Waals surface area (Å²) in [7, 11) is 1.33. The lowest BCUT2D eigenvalue weighted by Gasteiger charge is -2.06. The summed E-state index contributed by atoms with van der Waals surface area (Å²) in [5, 5.41) is 0.332. The average Bonchev–Trinajstić information content (AvgIpc) is 2.95. The second-order valence-electron chi connectivity index (χ2n) is 5.07. The molecule has 0 unspecified atom stereocenters. The molecule has 0 amide bonds. The molecule has 106 valence electrons. The Morgan fingerprint density at radius 1 is 1.45 bits per heavy atom. The van der Waals surface area contributed by atoms with E-state index in [0.29, 0.717) is 27.8 Å². The lowest BCUT2D eigenvalue weighted by molar-refractivity contribution is 0.0600. The van der Waals surface area contributed by atoms with Gasteiger partial charge in [0.05, 0.1) is 23.4 Å². The van der Waals surface area contributed by atoms with Gasteiger partial charge in [-0.2, -0.15) is 0 Å². The molecule has 3 nitrogen and oxygen atoms in total. The molecule has 1 aromatic rings. The van der Waals surface area contributed by atoms with Crippen molar-refractivity contribution in [1.29, 1.82) is 0 Å². The molecule has 0 atom stereocenters. The van der Waals surface area contributed by atoms with Crippen molar-refractivity contribution in [2.75, 3.05) is 12.8 Å². The fraction of sp³-hybridized carbons (Fsp3) is 0.438. The third kappa shape index (κ3) is 3.46. The number of hydrogen-bond acceptors (Lipinski definition) is 3. The third-order valence-electron chi connectivity index (χ3n) is 3.64. The maximum absolute atomic E-state index is 11.5. The van der Waals surface area contributed by atoms with Crippen molar-refractivity contribution in [2.24, 2.45) is 5.92 Å². The maximum Gasteiger partial charge on any atom is 0.337 e. The number of nitrogen functional groups attached to an aromatic ring is 1. The largest absolute Gasteiger partial charge is 0.465 e. The molecule has 1 fully saturated rings. The van der Waals surface area contributed by atoms with Crippen molar-refractivity contribution in [3.8, 4) is 11.8 Å². The smallest absolute Gasteiger partial charge is 0.337 e. The second-order valence-corrected chi connectivity index (χ2v) is 5.47. The van der Waals surface area contributed by atoms with Gasteiger partial charge in [-0.15, -0.1) is 0 Å². The molecule has 0 aliphatic heterocycles. The maximum atomic E-state index is 11.5. The Kier molecular flexibility index (Phi) is 4.92. The Balaban J connectivity index is 2.19. The number of esters is 1.